The van der Waals surface area contributed by atoms with Gasteiger partial charge in [-0.3, -0.25) is 0 Å². The Hall–Kier alpha value is -2.13. The molecule has 1 atom stereocenters. The molecule has 2 aromatic heterocycles. The zero-order valence-electron chi connectivity index (χ0n) is 13.1. The fourth-order valence-corrected chi connectivity index (χ4v) is 4.70. The number of fused-ring (bicyclic) bond motifs is 1. The number of sulfonamides is 1. The molecular weight excluding hydrogens is 320 g/mol. The number of carboxylic acid groups (broad SMARTS) is 1. The van der Waals surface area contributed by atoms with Gasteiger partial charge in [-0.15, -0.1) is 0 Å². The monoisotopic (exact) mass is 338 g/mol. The van der Waals surface area contributed by atoms with Gasteiger partial charge in [0.1, 0.15) is 10.6 Å². The van der Waals surface area contributed by atoms with Crippen LogP contribution in [0, 0.1) is 6.92 Å². The van der Waals surface area contributed by atoms with Gasteiger partial charge in [-0.1, -0.05) is 0 Å². The van der Waals surface area contributed by atoms with Gasteiger partial charge in [-0.2, -0.15) is 4.31 Å². The SMILES string of the molecule is Cc1c(S(=O)(=O)N2Cc3cncn3C(C)C2)cc(C(=O)O)n1C. The Labute approximate surface area is 134 Å². The number of aromatic nitrogens is 3. The quantitative estimate of drug-likeness (QED) is 0.900. The molecule has 124 valence electrons. The molecular formula is C14H18N4O4S. The van der Waals surface area contributed by atoms with Crippen molar-refractivity contribution in [3.63, 3.8) is 0 Å². The molecule has 3 rings (SSSR count). The van der Waals surface area contributed by atoms with Crippen LogP contribution in [-0.2, 0) is 23.6 Å². The smallest absolute Gasteiger partial charge is 0.352 e. The van der Waals surface area contributed by atoms with Crippen LogP contribution >= 0.6 is 0 Å². The van der Waals surface area contributed by atoms with E-state index in [9.17, 15) is 18.3 Å². The van der Waals surface area contributed by atoms with Gasteiger partial charge in [-0.05, 0) is 19.9 Å². The first kappa shape index (κ1) is 15.8. The summed E-state index contributed by atoms with van der Waals surface area (Å²) in [4.78, 5) is 15.3. The molecule has 0 aliphatic carbocycles. The molecule has 0 bridgehead atoms. The molecule has 1 aliphatic heterocycles. The van der Waals surface area contributed by atoms with Crippen molar-refractivity contribution < 1.29 is 18.3 Å². The number of hydrogen-bond acceptors (Lipinski definition) is 4. The van der Waals surface area contributed by atoms with Crippen LogP contribution < -0.4 is 0 Å². The van der Waals surface area contributed by atoms with Crippen molar-refractivity contribution in [2.75, 3.05) is 6.54 Å². The van der Waals surface area contributed by atoms with Crippen LogP contribution in [0.25, 0.3) is 0 Å². The standard InChI is InChI=1S/C14H18N4O4S/c1-9-6-17(7-11-5-15-8-18(9)11)23(21,22)13-4-12(14(19)20)16(3)10(13)2/h4-5,8-9H,6-7H2,1-3H3,(H,19,20). The Balaban J connectivity index is 2.04. The predicted octanol–water partition coefficient (Wildman–Crippen LogP) is 0.994. The summed E-state index contributed by atoms with van der Waals surface area (Å²) in [5.74, 6) is -1.15. The molecule has 0 saturated carbocycles. The topological polar surface area (TPSA) is 97.4 Å². The average Bonchev–Trinajstić information content (AvgIpc) is 3.05. The van der Waals surface area contributed by atoms with E-state index in [4.69, 9.17) is 0 Å². The van der Waals surface area contributed by atoms with Crippen LogP contribution in [0.4, 0.5) is 0 Å². The molecule has 23 heavy (non-hydrogen) atoms. The minimum atomic E-state index is -3.77. The third-order valence-electron chi connectivity index (χ3n) is 4.35. The first-order valence-electron chi connectivity index (χ1n) is 7.14. The lowest BCUT2D eigenvalue weighted by atomic mass is 10.2. The van der Waals surface area contributed by atoms with Gasteiger partial charge in [-0.25, -0.2) is 18.2 Å². The van der Waals surface area contributed by atoms with Crippen LogP contribution in [0.2, 0.25) is 0 Å². The Bertz CT molecular complexity index is 881. The lowest BCUT2D eigenvalue weighted by Crippen LogP contribution is -2.39. The van der Waals surface area contributed by atoms with E-state index in [0.717, 1.165) is 5.69 Å². The molecule has 0 amide bonds. The van der Waals surface area contributed by atoms with Crippen molar-refractivity contribution in [3.05, 3.63) is 35.7 Å². The minimum Gasteiger partial charge on any atom is -0.477 e. The van der Waals surface area contributed by atoms with Crippen molar-refractivity contribution >= 4 is 16.0 Å². The number of imidazole rings is 1. The Morgan fingerprint density at radius 1 is 1.43 bits per heavy atom. The van der Waals surface area contributed by atoms with Gasteiger partial charge < -0.3 is 14.2 Å². The summed E-state index contributed by atoms with van der Waals surface area (Å²) >= 11 is 0. The molecule has 1 aliphatic rings. The highest BCUT2D eigenvalue weighted by atomic mass is 32.2. The van der Waals surface area contributed by atoms with Crippen molar-refractivity contribution in [2.45, 2.75) is 31.3 Å². The van der Waals surface area contributed by atoms with E-state index in [0.29, 0.717) is 12.2 Å². The van der Waals surface area contributed by atoms with Gasteiger partial charge in [0.25, 0.3) is 0 Å². The molecule has 0 aromatic carbocycles. The Morgan fingerprint density at radius 3 is 2.74 bits per heavy atom. The van der Waals surface area contributed by atoms with E-state index in [1.54, 1.807) is 26.5 Å². The third-order valence-corrected chi connectivity index (χ3v) is 6.28. The van der Waals surface area contributed by atoms with Gasteiger partial charge >= 0.3 is 5.97 Å². The average molecular weight is 338 g/mol. The van der Waals surface area contributed by atoms with E-state index in [1.807, 2.05) is 11.5 Å². The fourth-order valence-electron chi connectivity index (χ4n) is 2.94. The molecule has 8 nitrogen and oxygen atoms in total. The number of nitrogens with zero attached hydrogens (tertiary/aromatic N) is 4. The number of aromatic carboxylic acids is 1. The van der Waals surface area contributed by atoms with Crippen molar-refractivity contribution in [1.29, 1.82) is 0 Å². The van der Waals surface area contributed by atoms with E-state index < -0.39 is 16.0 Å². The Morgan fingerprint density at radius 2 is 2.13 bits per heavy atom. The van der Waals surface area contributed by atoms with Crippen molar-refractivity contribution in [3.8, 4) is 0 Å². The van der Waals surface area contributed by atoms with Crippen LogP contribution in [-0.4, -0.2) is 44.5 Å². The molecule has 1 unspecified atom stereocenters. The highest BCUT2D eigenvalue weighted by Gasteiger charge is 2.34. The number of carbonyl (C=O) groups is 1. The first-order chi connectivity index (χ1) is 10.7. The lowest BCUT2D eigenvalue weighted by Gasteiger charge is -2.31. The van der Waals surface area contributed by atoms with Gasteiger partial charge in [0.15, 0.2) is 0 Å². The Kier molecular flexibility index (Phi) is 3.56. The summed E-state index contributed by atoms with van der Waals surface area (Å²) in [7, 11) is -2.23. The second-order valence-electron chi connectivity index (χ2n) is 5.78. The number of hydrogen-bond donors (Lipinski definition) is 1. The van der Waals surface area contributed by atoms with Crippen LogP contribution in [0.1, 0.15) is 34.8 Å². The first-order valence-corrected chi connectivity index (χ1v) is 8.58. The molecule has 2 aromatic rings. The number of rotatable bonds is 3. The highest BCUT2D eigenvalue weighted by Crippen LogP contribution is 2.29. The van der Waals surface area contributed by atoms with E-state index >= 15 is 0 Å². The molecule has 0 radical (unpaired) electrons. The summed E-state index contributed by atoms with van der Waals surface area (Å²) < 4.78 is 30.6. The molecule has 9 heteroatoms. The van der Waals surface area contributed by atoms with Crippen LogP contribution in [0.5, 0.6) is 0 Å². The van der Waals surface area contributed by atoms with Crippen LogP contribution in [0.15, 0.2) is 23.5 Å². The maximum atomic E-state index is 13.0. The molecule has 0 fully saturated rings. The summed E-state index contributed by atoms with van der Waals surface area (Å²) in [6.07, 6.45) is 3.35. The lowest BCUT2D eigenvalue weighted by molar-refractivity contribution is 0.0686. The van der Waals surface area contributed by atoms with Gasteiger partial charge in [0.05, 0.1) is 18.6 Å². The predicted molar refractivity (Wildman–Crippen MR) is 81.6 cm³/mol. The molecule has 1 N–H and O–H groups in total. The van der Waals surface area contributed by atoms with E-state index in [2.05, 4.69) is 4.98 Å². The van der Waals surface area contributed by atoms with Crippen molar-refractivity contribution in [2.24, 2.45) is 7.05 Å². The van der Waals surface area contributed by atoms with E-state index in [1.165, 1.54) is 14.9 Å². The maximum Gasteiger partial charge on any atom is 0.352 e. The second-order valence-corrected chi connectivity index (χ2v) is 7.69. The van der Waals surface area contributed by atoms with Crippen molar-refractivity contribution in [1.82, 2.24) is 18.4 Å². The largest absolute Gasteiger partial charge is 0.477 e. The molecule has 0 saturated heterocycles. The molecule has 0 spiro atoms. The fraction of sp³-hybridized carbons (Fsp3) is 0.429. The van der Waals surface area contributed by atoms with Gasteiger partial charge in [0.2, 0.25) is 10.0 Å². The summed E-state index contributed by atoms with van der Waals surface area (Å²) in [6.45, 7) is 4.08. The summed E-state index contributed by atoms with van der Waals surface area (Å²) in [5.41, 5.74) is 1.18. The maximum absolute atomic E-state index is 13.0. The minimum absolute atomic E-state index is 0.0287. The normalized spacial score (nSPS) is 18.8. The zero-order valence-corrected chi connectivity index (χ0v) is 13.9. The summed E-state index contributed by atoms with van der Waals surface area (Å²) in [5, 5.41) is 9.18. The summed E-state index contributed by atoms with van der Waals surface area (Å²) in [6, 6.07) is 1.20. The zero-order chi connectivity index (χ0) is 16.9. The second kappa shape index (κ2) is 5.20. The van der Waals surface area contributed by atoms with Crippen LogP contribution in [0.3, 0.4) is 0 Å². The highest BCUT2D eigenvalue weighted by molar-refractivity contribution is 7.89. The molecule has 3 heterocycles. The van der Waals surface area contributed by atoms with E-state index in [-0.39, 0.29) is 23.2 Å². The number of carboxylic acids is 1. The third kappa shape index (κ3) is 2.36. The van der Waals surface area contributed by atoms with Gasteiger partial charge in [0, 0.05) is 31.5 Å².